The fourth-order valence-electron chi connectivity index (χ4n) is 3.72. The lowest BCUT2D eigenvalue weighted by Gasteiger charge is -2.35. The maximum absolute atomic E-state index is 4.49. The van der Waals surface area contributed by atoms with Gasteiger partial charge in [-0.05, 0) is 45.7 Å². The van der Waals surface area contributed by atoms with Crippen LogP contribution < -0.4 is 15.5 Å². The molecule has 0 aliphatic carbocycles. The van der Waals surface area contributed by atoms with E-state index in [0.717, 1.165) is 37.7 Å². The molecule has 1 aromatic carbocycles. The van der Waals surface area contributed by atoms with Gasteiger partial charge in [-0.1, -0.05) is 17.7 Å². The Kier molecular flexibility index (Phi) is 6.04. The van der Waals surface area contributed by atoms with E-state index < -0.39 is 0 Å². The van der Waals surface area contributed by atoms with Crippen LogP contribution in [0, 0.1) is 20.8 Å². The first-order valence-corrected chi connectivity index (χ1v) is 9.75. The molecule has 1 aliphatic rings. The molecule has 0 amide bonds. The third-order valence-corrected chi connectivity index (χ3v) is 5.48. The zero-order valence-corrected chi connectivity index (χ0v) is 17.2. The number of guanidine groups is 1. The van der Waals surface area contributed by atoms with Crippen LogP contribution in [0.2, 0.25) is 0 Å². The third-order valence-electron chi connectivity index (χ3n) is 5.48. The van der Waals surface area contributed by atoms with Gasteiger partial charge in [-0.3, -0.25) is 9.67 Å². The summed E-state index contributed by atoms with van der Waals surface area (Å²) >= 11 is 0. The summed E-state index contributed by atoms with van der Waals surface area (Å²) in [4.78, 5) is 6.88. The Bertz CT molecular complexity index is 790. The second-order valence-corrected chi connectivity index (χ2v) is 7.46. The zero-order chi connectivity index (χ0) is 19.4. The van der Waals surface area contributed by atoms with Crippen molar-refractivity contribution in [3.8, 4) is 0 Å². The number of aryl methyl sites for hydroxylation is 3. The molecule has 2 aromatic rings. The predicted octanol–water partition coefficient (Wildman–Crippen LogP) is 2.68. The second kappa shape index (κ2) is 8.46. The van der Waals surface area contributed by atoms with Crippen LogP contribution in [0.5, 0.6) is 0 Å². The van der Waals surface area contributed by atoms with E-state index >= 15 is 0 Å². The Labute approximate surface area is 162 Å². The number of hydrogen-bond acceptors (Lipinski definition) is 3. The first-order chi connectivity index (χ1) is 13.0. The molecule has 0 spiro atoms. The van der Waals surface area contributed by atoms with Crippen molar-refractivity contribution < 1.29 is 0 Å². The maximum atomic E-state index is 4.49. The van der Waals surface area contributed by atoms with E-state index in [4.69, 9.17) is 0 Å². The van der Waals surface area contributed by atoms with E-state index in [1.807, 2.05) is 18.8 Å². The molecule has 1 saturated heterocycles. The topological polar surface area (TPSA) is 57.5 Å². The number of hydrogen-bond donors (Lipinski definition) is 2. The summed E-state index contributed by atoms with van der Waals surface area (Å²) in [5.41, 5.74) is 6.11. The molecule has 3 rings (SSSR count). The number of aromatic nitrogens is 2. The van der Waals surface area contributed by atoms with Crippen molar-refractivity contribution >= 4 is 11.6 Å². The van der Waals surface area contributed by atoms with Gasteiger partial charge in [0.15, 0.2) is 5.96 Å². The molecule has 6 heteroatoms. The Morgan fingerprint density at radius 1 is 1.22 bits per heavy atom. The summed E-state index contributed by atoms with van der Waals surface area (Å²) in [5, 5.41) is 11.5. The summed E-state index contributed by atoms with van der Waals surface area (Å²) in [6, 6.07) is 9.20. The largest absolute Gasteiger partial charge is 0.369 e. The molecule has 0 bridgehead atoms. The second-order valence-electron chi connectivity index (χ2n) is 7.46. The van der Waals surface area contributed by atoms with Gasteiger partial charge < -0.3 is 15.5 Å². The van der Waals surface area contributed by atoms with Crippen LogP contribution in [0.3, 0.4) is 0 Å². The van der Waals surface area contributed by atoms with Gasteiger partial charge in [-0.25, -0.2) is 0 Å². The van der Waals surface area contributed by atoms with Crippen molar-refractivity contribution in [1.82, 2.24) is 20.4 Å². The quantitative estimate of drug-likeness (QED) is 0.643. The normalized spacial score (nSPS) is 17.9. The molecule has 146 valence electrons. The number of anilines is 1. The molecule has 0 saturated carbocycles. The monoisotopic (exact) mass is 368 g/mol. The van der Waals surface area contributed by atoms with Gasteiger partial charge >= 0.3 is 0 Å². The van der Waals surface area contributed by atoms with Crippen LogP contribution >= 0.6 is 0 Å². The molecular formula is C21H32N6. The third kappa shape index (κ3) is 4.62. The lowest BCUT2D eigenvalue weighted by atomic mass is 10.0. The van der Waals surface area contributed by atoms with Gasteiger partial charge in [0.25, 0.3) is 0 Å². The summed E-state index contributed by atoms with van der Waals surface area (Å²) in [6.45, 7) is 9.13. The molecule has 2 N–H and O–H groups in total. The highest BCUT2D eigenvalue weighted by atomic mass is 15.3. The minimum Gasteiger partial charge on any atom is -0.369 e. The predicted molar refractivity (Wildman–Crippen MR) is 112 cm³/mol. The van der Waals surface area contributed by atoms with Gasteiger partial charge in [0.05, 0.1) is 5.69 Å². The summed E-state index contributed by atoms with van der Waals surface area (Å²) in [5.74, 6) is 0.855. The number of nitrogens with zero attached hydrogens (tertiary/aromatic N) is 4. The number of piperidine rings is 1. The van der Waals surface area contributed by atoms with Crippen LogP contribution in [0.1, 0.15) is 35.4 Å². The van der Waals surface area contributed by atoms with Gasteiger partial charge in [-0.15, -0.1) is 0 Å². The minimum absolute atomic E-state index is 0.391. The highest BCUT2D eigenvalue weighted by Crippen LogP contribution is 2.20. The van der Waals surface area contributed by atoms with Crippen molar-refractivity contribution in [1.29, 1.82) is 0 Å². The summed E-state index contributed by atoms with van der Waals surface area (Å²) in [6.07, 6.45) is 2.34. The lowest BCUT2D eigenvalue weighted by Crippen LogP contribution is -2.51. The molecule has 1 atom stereocenters. The van der Waals surface area contributed by atoms with E-state index in [2.05, 4.69) is 70.7 Å². The average molecular weight is 369 g/mol. The molecular weight excluding hydrogens is 336 g/mol. The molecule has 27 heavy (non-hydrogen) atoms. The number of aliphatic imine (C=N–C) groups is 1. The highest BCUT2D eigenvalue weighted by Gasteiger charge is 2.21. The van der Waals surface area contributed by atoms with E-state index in [-0.39, 0.29) is 0 Å². The van der Waals surface area contributed by atoms with Crippen molar-refractivity contribution in [2.75, 3.05) is 25.0 Å². The molecule has 2 heterocycles. The van der Waals surface area contributed by atoms with Crippen LogP contribution in [0.4, 0.5) is 5.69 Å². The van der Waals surface area contributed by atoms with Gasteiger partial charge in [-0.2, -0.15) is 5.10 Å². The smallest absolute Gasteiger partial charge is 0.191 e. The van der Waals surface area contributed by atoms with Gasteiger partial charge in [0, 0.05) is 56.7 Å². The number of rotatable bonds is 4. The van der Waals surface area contributed by atoms with Gasteiger partial charge in [0.1, 0.15) is 0 Å². The average Bonchev–Trinajstić information content (AvgIpc) is 2.91. The molecule has 1 aromatic heterocycles. The van der Waals surface area contributed by atoms with Crippen LogP contribution in [-0.2, 0) is 13.6 Å². The lowest BCUT2D eigenvalue weighted by molar-refractivity contribution is 0.468. The first kappa shape index (κ1) is 19.3. The van der Waals surface area contributed by atoms with Crippen LogP contribution in [0.15, 0.2) is 29.3 Å². The molecule has 1 unspecified atom stereocenters. The zero-order valence-electron chi connectivity index (χ0n) is 17.2. The SMILES string of the molecule is CN=C(NCc1c(C)nn(C)c1C)NC1CCCN(c2ccc(C)cc2)C1. The van der Waals surface area contributed by atoms with Crippen molar-refractivity contribution in [3.05, 3.63) is 46.8 Å². The summed E-state index contributed by atoms with van der Waals surface area (Å²) in [7, 11) is 3.82. The molecule has 1 fully saturated rings. The number of nitrogens with one attached hydrogen (secondary N) is 2. The van der Waals surface area contributed by atoms with Crippen LogP contribution in [-0.4, -0.2) is 41.9 Å². The Hall–Kier alpha value is -2.50. The van der Waals surface area contributed by atoms with Gasteiger partial charge in [0.2, 0.25) is 0 Å². The summed E-state index contributed by atoms with van der Waals surface area (Å²) < 4.78 is 1.93. The van der Waals surface area contributed by atoms with E-state index in [1.54, 1.807) is 0 Å². The van der Waals surface area contributed by atoms with E-state index in [9.17, 15) is 0 Å². The minimum atomic E-state index is 0.391. The number of benzene rings is 1. The van der Waals surface area contributed by atoms with Crippen molar-refractivity contribution in [3.63, 3.8) is 0 Å². The fraction of sp³-hybridized carbons (Fsp3) is 0.524. The van der Waals surface area contributed by atoms with E-state index in [0.29, 0.717) is 6.04 Å². The fourth-order valence-corrected chi connectivity index (χ4v) is 3.72. The Morgan fingerprint density at radius 2 is 1.96 bits per heavy atom. The molecule has 6 nitrogen and oxygen atoms in total. The Balaban J connectivity index is 1.58. The van der Waals surface area contributed by atoms with Crippen molar-refractivity contribution in [2.24, 2.45) is 12.0 Å². The Morgan fingerprint density at radius 3 is 2.59 bits per heavy atom. The highest BCUT2D eigenvalue weighted by molar-refractivity contribution is 5.80. The first-order valence-electron chi connectivity index (χ1n) is 9.75. The maximum Gasteiger partial charge on any atom is 0.191 e. The molecule has 0 radical (unpaired) electrons. The standard InChI is InChI=1S/C21H32N6/c1-15-8-10-19(11-9-15)27-12-6-7-18(14-27)24-21(22-4)23-13-20-16(2)25-26(5)17(20)3/h8-11,18H,6-7,12-14H2,1-5H3,(H2,22,23,24). The van der Waals surface area contributed by atoms with Crippen molar-refractivity contribution in [2.45, 2.75) is 46.2 Å². The van der Waals surface area contributed by atoms with E-state index in [1.165, 1.54) is 28.9 Å². The molecule has 1 aliphatic heterocycles. The van der Waals surface area contributed by atoms with Crippen LogP contribution in [0.25, 0.3) is 0 Å².